The summed E-state index contributed by atoms with van der Waals surface area (Å²) < 4.78 is 0. The molecule has 2 aromatic carbocycles. The molecule has 1 N–H and O–H groups in total. The quantitative estimate of drug-likeness (QED) is 0.859. The Morgan fingerprint density at radius 3 is 1.95 bits per heavy atom. The van der Waals surface area contributed by atoms with E-state index in [0.717, 1.165) is 0 Å². The van der Waals surface area contributed by atoms with Crippen LogP contribution < -0.4 is 5.32 Å². The Balaban J connectivity index is 1.87. The summed E-state index contributed by atoms with van der Waals surface area (Å²) in [6, 6.07) is 22.8. The molecule has 3 rings (SSSR count). The number of nitrogens with one attached hydrogen (secondary N) is 1. The van der Waals surface area contributed by atoms with Gasteiger partial charge in [0.25, 0.3) is 0 Å². The van der Waals surface area contributed by atoms with Gasteiger partial charge in [0.15, 0.2) is 0 Å². The Bertz CT molecular complexity index is 532. The van der Waals surface area contributed by atoms with E-state index in [1.54, 1.807) is 0 Å². The molecule has 1 heteroatoms. The van der Waals surface area contributed by atoms with Crippen molar-refractivity contribution in [3.05, 3.63) is 71.8 Å². The highest BCUT2D eigenvalue weighted by atomic mass is 15.0. The highest BCUT2D eigenvalue weighted by molar-refractivity contribution is 5.28. The van der Waals surface area contributed by atoms with Crippen molar-refractivity contribution in [3.8, 4) is 0 Å². The van der Waals surface area contributed by atoms with Crippen LogP contribution in [0.2, 0.25) is 0 Å². The van der Waals surface area contributed by atoms with E-state index in [-0.39, 0.29) is 0 Å². The third-order valence-corrected chi connectivity index (χ3v) is 4.46. The van der Waals surface area contributed by atoms with Crippen molar-refractivity contribution >= 4 is 0 Å². The Morgan fingerprint density at radius 1 is 0.850 bits per heavy atom. The van der Waals surface area contributed by atoms with Gasteiger partial charge in [-0.15, -0.1) is 0 Å². The first-order chi connectivity index (χ1) is 9.75. The normalized spacial score (nSPS) is 26.1. The molecule has 0 aromatic heterocycles. The lowest BCUT2D eigenvalue weighted by atomic mass is 9.85. The Morgan fingerprint density at radius 2 is 1.40 bits per heavy atom. The molecule has 1 fully saturated rings. The standard InChI is InChI=1S/C19H23N/c1-14(2)19-17(15-9-5-3-6-10-15)13-18(20-19)16-11-7-4-8-12-16/h3-12,14,17-20H,13H2,1-2H3. The van der Waals surface area contributed by atoms with Crippen LogP contribution >= 0.6 is 0 Å². The van der Waals surface area contributed by atoms with Crippen LogP contribution in [0.5, 0.6) is 0 Å². The molecule has 0 amide bonds. The Hall–Kier alpha value is -1.60. The van der Waals surface area contributed by atoms with Crippen LogP contribution in [-0.4, -0.2) is 6.04 Å². The van der Waals surface area contributed by atoms with Crippen molar-refractivity contribution in [1.29, 1.82) is 0 Å². The second kappa shape index (κ2) is 5.80. The fraction of sp³-hybridized carbons (Fsp3) is 0.368. The molecule has 3 unspecified atom stereocenters. The van der Waals surface area contributed by atoms with Crippen molar-refractivity contribution in [2.24, 2.45) is 5.92 Å². The van der Waals surface area contributed by atoms with E-state index < -0.39 is 0 Å². The van der Waals surface area contributed by atoms with Crippen molar-refractivity contribution < 1.29 is 0 Å². The molecule has 3 atom stereocenters. The monoisotopic (exact) mass is 265 g/mol. The molecule has 1 aliphatic rings. The number of benzene rings is 2. The Labute approximate surface area is 122 Å². The number of hydrogen-bond donors (Lipinski definition) is 1. The van der Waals surface area contributed by atoms with Crippen molar-refractivity contribution in [1.82, 2.24) is 5.32 Å². The van der Waals surface area contributed by atoms with Crippen molar-refractivity contribution in [3.63, 3.8) is 0 Å². The molecule has 0 bridgehead atoms. The first-order valence-corrected chi connectivity index (χ1v) is 7.61. The summed E-state index contributed by atoms with van der Waals surface area (Å²) in [6.07, 6.45) is 1.19. The largest absolute Gasteiger partial charge is 0.306 e. The maximum atomic E-state index is 3.86. The van der Waals surface area contributed by atoms with Crippen LogP contribution in [0.15, 0.2) is 60.7 Å². The van der Waals surface area contributed by atoms with Crippen LogP contribution in [0.3, 0.4) is 0 Å². The van der Waals surface area contributed by atoms with Gasteiger partial charge in [-0.1, -0.05) is 74.5 Å². The van der Waals surface area contributed by atoms with Gasteiger partial charge in [0.2, 0.25) is 0 Å². The average molecular weight is 265 g/mol. The lowest BCUT2D eigenvalue weighted by Gasteiger charge is -2.23. The first-order valence-electron chi connectivity index (χ1n) is 7.61. The summed E-state index contributed by atoms with van der Waals surface area (Å²) >= 11 is 0. The van der Waals surface area contributed by atoms with Gasteiger partial charge in [0.1, 0.15) is 0 Å². The SMILES string of the molecule is CC(C)C1NC(c2ccccc2)CC1c1ccccc1. The Kier molecular flexibility index (Phi) is 3.88. The van der Waals surface area contributed by atoms with Gasteiger partial charge < -0.3 is 5.32 Å². The zero-order chi connectivity index (χ0) is 13.9. The molecule has 0 aliphatic carbocycles. The molecular formula is C19H23N. The molecule has 0 spiro atoms. The summed E-state index contributed by atoms with van der Waals surface area (Å²) in [5.41, 5.74) is 2.88. The van der Waals surface area contributed by atoms with Gasteiger partial charge in [-0.3, -0.25) is 0 Å². The van der Waals surface area contributed by atoms with Crippen LogP contribution in [0.4, 0.5) is 0 Å². The van der Waals surface area contributed by atoms with Crippen LogP contribution in [0.25, 0.3) is 0 Å². The zero-order valence-corrected chi connectivity index (χ0v) is 12.3. The third-order valence-electron chi connectivity index (χ3n) is 4.46. The second-order valence-corrected chi connectivity index (χ2v) is 6.15. The molecule has 2 aromatic rings. The van der Waals surface area contributed by atoms with E-state index in [1.807, 2.05) is 0 Å². The number of hydrogen-bond acceptors (Lipinski definition) is 1. The van der Waals surface area contributed by atoms with E-state index in [1.165, 1.54) is 17.5 Å². The summed E-state index contributed by atoms with van der Waals surface area (Å²) in [5.74, 6) is 1.26. The maximum Gasteiger partial charge on any atom is 0.0329 e. The van der Waals surface area contributed by atoms with Gasteiger partial charge >= 0.3 is 0 Å². The molecule has 1 aliphatic heterocycles. The minimum absolute atomic E-state index is 0.480. The molecule has 20 heavy (non-hydrogen) atoms. The lowest BCUT2D eigenvalue weighted by molar-refractivity contribution is 0.406. The van der Waals surface area contributed by atoms with Gasteiger partial charge in [-0.25, -0.2) is 0 Å². The highest BCUT2D eigenvalue weighted by Crippen LogP contribution is 2.40. The fourth-order valence-electron chi connectivity index (χ4n) is 3.44. The van der Waals surface area contributed by atoms with Crippen LogP contribution in [0.1, 0.15) is 43.4 Å². The topological polar surface area (TPSA) is 12.0 Å². The zero-order valence-electron chi connectivity index (χ0n) is 12.3. The van der Waals surface area contributed by atoms with E-state index in [0.29, 0.717) is 23.9 Å². The molecular weight excluding hydrogens is 242 g/mol. The molecule has 104 valence electrons. The minimum Gasteiger partial charge on any atom is -0.306 e. The van der Waals surface area contributed by atoms with Crippen LogP contribution in [-0.2, 0) is 0 Å². The smallest absolute Gasteiger partial charge is 0.0329 e. The number of rotatable bonds is 3. The maximum absolute atomic E-state index is 3.86. The summed E-state index contributed by atoms with van der Waals surface area (Å²) in [7, 11) is 0. The van der Waals surface area contributed by atoms with E-state index in [2.05, 4.69) is 79.8 Å². The van der Waals surface area contributed by atoms with Gasteiger partial charge in [-0.2, -0.15) is 0 Å². The van der Waals surface area contributed by atoms with Crippen LogP contribution in [0, 0.1) is 5.92 Å². The van der Waals surface area contributed by atoms with Crippen molar-refractivity contribution in [2.75, 3.05) is 0 Å². The minimum atomic E-state index is 0.480. The first kappa shape index (κ1) is 13.4. The second-order valence-electron chi connectivity index (χ2n) is 6.15. The average Bonchev–Trinajstić information content (AvgIpc) is 2.94. The van der Waals surface area contributed by atoms with E-state index in [9.17, 15) is 0 Å². The van der Waals surface area contributed by atoms with E-state index in [4.69, 9.17) is 0 Å². The molecule has 1 saturated heterocycles. The van der Waals surface area contributed by atoms with Gasteiger partial charge in [0.05, 0.1) is 0 Å². The van der Waals surface area contributed by atoms with Crippen molar-refractivity contribution in [2.45, 2.75) is 38.3 Å². The molecule has 1 nitrogen and oxygen atoms in total. The van der Waals surface area contributed by atoms with Gasteiger partial charge in [0, 0.05) is 18.0 Å². The predicted octanol–water partition coefficient (Wildman–Crippen LogP) is 4.53. The predicted molar refractivity (Wildman–Crippen MR) is 84.7 cm³/mol. The van der Waals surface area contributed by atoms with Gasteiger partial charge in [-0.05, 0) is 23.5 Å². The summed E-state index contributed by atoms with van der Waals surface area (Å²) in [5, 5.41) is 3.86. The third kappa shape index (κ3) is 2.64. The molecule has 1 heterocycles. The fourth-order valence-corrected chi connectivity index (χ4v) is 3.44. The summed E-state index contributed by atoms with van der Waals surface area (Å²) in [6.45, 7) is 4.64. The molecule has 0 radical (unpaired) electrons. The highest BCUT2D eigenvalue weighted by Gasteiger charge is 2.36. The lowest BCUT2D eigenvalue weighted by Crippen LogP contribution is -2.32. The molecule has 0 saturated carbocycles. The summed E-state index contributed by atoms with van der Waals surface area (Å²) in [4.78, 5) is 0. The van der Waals surface area contributed by atoms with E-state index >= 15 is 0 Å².